The quantitative estimate of drug-likeness (QED) is 0.817. The summed E-state index contributed by atoms with van der Waals surface area (Å²) in [6, 6.07) is 5.28. The van der Waals surface area contributed by atoms with Crippen LogP contribution in [0, 0.1) is 11.7 Å². The van der Waals surface area contributed by atoms with Crippen LogP contribution >= 0.6 is 11.8 Å². The van der Waals surface area contributed by atoms with Gasteiger partial charge in [-0.1, -0.05) is 18.9 Å². The zero-order valence-electron chi connectivity index (χ0n) is 10.3. The Labute approximate surface area is 107 Å². The average Bonchev–Trinajstić information content (AvgIpc) is 2.80. The first kappa shape index (κ1) is 12.9. The average molecular weight is 253 g/mol. The molecule has 2 N–H and O–H groups in total. The van der Waals surface area contributed by atoms with E-state index in [0.717, 1.165) is 22.1 Å². The Morgan fingerprint density at radius 2 is 2.12 bits per heavy atom. The molecule has 0 heterocycles. The number of benzene rings is 1. The van der Waals surface area contributed by atoms with Crippen molar-refractivity contribution in [3.8, 4) is 0 Å². The van der Waals surface area contributed by atoms with Gasteiger partial charge in [-0.2, -0.15) is 0 Å². The summed E-state index contributed by atoms with van der Waals surface area (Å²) >= 11 is 1.65. The number of nitrogens with two attached hydrogens (primary N) is 1. The lowest BCUT2D eigenvalue weighted by Gasteiger charge is -2.11. The zero-order chi connectivity index (χ0) is 12.3. The molecule has 0 aliphatic heterocycles. The molecule has 1 fully saturated rings. The molecular formula is C14H20FNS. The molecule has 1 aromatic carbocycles. The summed E-state index contributed by atoms with van der Waals surface area (Å²) in [5.41, 5.74) is 6.60. The van der Waals surface area contributed by atoms with Crippen LogP contribution in [0.25, 0.3) is 0 Å². The van der Waals surface area contributed by atoms with Crippen molar-refractivity contribution < 1.29 is 4.39 Å². The Morgan fingerprint density at radius 3 is 2.71 bits per heavy atom. The topological polar surface area (TPSA) is 26.0 Å². The van der Waals surface area contributed by atoms with E-state index in [-0.39, 0.29) is 11.9 Å². The van der Waals surface area contributed by atoms with E-state index in [2.05, 4.69) is 0 Å². The Kier molecular flexibility index (Phi) is 4.46. The van der Waals surface area contributed by atoms with E-state index in [1.54, 1.807) is 17.8 Å². The first-order valence-electron chi connectivity index (χ1n) is 6.34. The Balaban J connectivity index is 1.96. The lowest BCUT2D eigenvalue weighted by molar-refractivity contribution is 0.593. The third-order valence-corrected chi connectivity index (χ3v) is 4.71. The maximum atomic E-state index is 13.8. The van der Waals surface area contributed by atoms with E-state index >= 15 is 0 Å². The van der Waals surface area contributed by atoms with Gasteiger partial charge in [0.15, 0.2) is 0 Å². The van der Waals surface area contributed by atoms with Gasteiger partial charge in [0.1, 0.15) is 5.82 Å². The molecule has 17 heavy (non-hydrogen) atoms. The van der Waals surface area contributed by atoms with Crippen molar-refractivity contribution in [1.29, 1.82) is 0 Å². The molecule has 0 bridgehead atoms. The second-order valence-electron chi connectivity index (χ2n) is 4.94. The molecule has 1 saturated carbocycles. The van der Waals surface area contributed by atoms with Gasteiger partial charge in [0.25, 0.3) is 0 Å². The third-order valence-electron chi connectivity index (χ3n) is 3.43. The summed E-state index contributed by atoms with van der Waals surface area (Å²) < 4.78 is 13.8. The van der Waals surface area contributed by atoms with Gasteiger partial charge < -0.3 is 5.73 Å². The third kappa shape index (κ3) is 3.46. The minimum Gasteiger partial charge on any atom is -0.324 e. The summed E-state index contributed by atoms with van der Waals surface area (Å²) in [5.74, 6) is 1.71. The van der Waals surface area contributed by atoms with E-state index in [1.165, 1.54) is 25.7 Å². The zero-order valence-corrected chi connectivity index (χ0v) is 11.1. The first-order valence-corrected chi connectivity index (χ1v) is 7.33. The van der Waals surface area contributed by atoms with E-state index in [9.17, 15) is 4.39 Å². The van der Waals surface area contributed by atoms with Gasteiger partial charge in [-0.3, -0.25) is 0 Å². The van der Waals surface area contributed by atoms with Crippen LogP contribution in [0.2, 0.25) is 0 Å². The fourth-order valence-electron chi connectivity index (χ4n) is 2.30. The van der Waals surface area contributed by atoms with Gasteiger partial charge >= 0.3 is 0 Å². The molecule has 94 valence electrons. The Hall–Kier alpha value is -0.540. The molecule has 0 radical (unpaired) electrons. The highest BCUT2D eigenvalue weighted by atomic mass is 32.2. The molecule has 1 aliphatic rings. The van der Waals surface area contributed by atoms with Crippen LogP contribution in [-0.4, -0.2) is 5.75 Å². The van der Waals surface area contributed by atoms with Gasteiger partial charge in [-0.15, -0.1) is 11.8 Å². The van der Waals surface area contributed by atoms with Crippen molar-refractivity contribution in [2.75, 3.05) is 5.75 Å². The van der Waals surface area contributed by atoms with Crippen LogP contribution in [-0.2, 0) is 0 Å². The second-order valence-corrected chi connectivity index (χ2v) is 6.00. The molecule has 1 nitrogen and oxygen atoms in total. The van der Waals surface area contributed by atoms with Crippen LogP contribution in [0.3, 0.4) is 0 Å². The number of thioether (sulfide) groups is 1. The fourth-order valence-corrected chi connectivity index (χ4v) is 3.41. The summed E-state index contributed by atoms with van der Waals surface area (Å²) in [6.45, 7) is 1.88. The van der Waals surface area contributed by atoms with Crippen molar-refractivity contribution in [3.05, 3.63) is 29.6 Å². The highest BCUT2D eigenvalue weighted by Crippen LogP contribution is 2.32. The smallest absolute Gasteiger partial charge is 0.137 e. The maximum Gasteiger partial charge on any atom is 0.137 e. The predicted molar refractivity (Wildman–Crippen MR) is 71.7 cm³/mol. The Morgan fingerprint density at radius 1 is 1.41 bits per heavy atom. The molecule has 0 unspecified atom stereocenters. The minimum atomic E-state index is -0.122. The Bertz CT molecular complexity index is 372. The summed E-state index contributed by atoms with van der Waals surface area (Å²) in [5, 5.41) is 0. The fraction of sp³-hybridized carbons (Fsp3) is 0.571. The summed E-state index contributed by atoms with van der Waals surface area (Å²) in [6.07, 6.45) is 5.31. The van der Waals surface area contributed by atoms with Crippen LogP contribution in [0.4, 0.5) is 4.39 Å². The lowest BCUT2D eigenvalue weighted by Crippen LogP contribution is -2.05. The van der Waals surface area contributed by atoms with Crippen molar-refractivity contribution in [2.24, 2.45) is 11.7 Å². The van der Waals surface area contributed by atoms with Crippen molar-refractivity contribution in [2.45, 2.75) is 43.5 Å². The van der Waals surface area contributed by atoms with Crippen LogP contribution in [0.1, 0.15) is 44.2 Å². The first-order chi connectivity index (χ1) is 8.16. The molecule has 0 saturated heterocycles. The van der Waals surface area contributed by atoms with E-state index in [1.807, 2.05) is 19.1 Å². The monoisotopic (exact) mass is 253 g/mol. The highest BCUT2D eigenvalue weighted by molar-refractivity contribution is 7.99. The maximum absolute atomic E-state index is 13.8. The molecule has 0 amide bonds. The second kappa shape index (κ2) is 5.87. The van der Waals surface area contributed by atoms with Crippen LogP contribution < -0.4 is 5.73 Å². The van der Waals surface area contributed by atoms with E-state index in [0.29, 0.717) is 0 Å². The van der Waals surface area contributed by atoms with Crippen molar-refractivity contribution in [3.63, 3.8) is 0 Å². The number of hydrogen-bond donors (Lipinski definition) is 1. The number of rotatable bonds is 4. The molecule has 2 rings (SSSR count). The summed E-state index contributed by atoms with van der Waals surface area (Å²) in [4.78, 5) is 0.765. The molecule has 1 atom stereocenters. The van der Waals surface area contributed by atoms with Crippen molar-refractivity contribution >= 4 is 11.8 Å². The lowest BCUT2D eigenvalue weighted by atomic mass is 10.1. The van der Waals surface area contributed by atoms with Crippen LogP contribution in [0.15, 0.2) is 23.1 Å². The molecular weight excluding hydrogens is 233 g/mol. The normalized spacial score (nSPS) is 18.5. The van der Waals surface area contributed by atoms with Gasteiger partial charge in [0, 0.05) is 16.7 Å². The molecule has 1 aromatic rings. The highest BCUT2D eigenvalue weighted by Gasteiger charge is 2.16. The van der Waals surface area contributed by atoms with Crippen LogP contribution in [0.5, 0.6) is 0 Å². The molecule has 0 spiro atoms. The van der Waals surface area contributed by atoms with Crippen molar-refractivity contribution in [1.82, 2.24) is 0 Å². The molecule has 3 heteroatoms. The van der Waals surface area contributed by atoms with Gasteiger partial charge in [-0.05, 0) is 43.4 Å². The predicted octanol–water partition coefficient (Wildman–Crippen LogP) is 4.13. The molecule has 1 aliphatic carbocycles. The largest absolute Gasteiger partial charge is 0.324 e. The standard InChI is InChI=1S/C14H20FNS/c1-10(16)12-6-7-14(13(15)8-12)17-9-11-4-2-3-5-11/h6-8,10-11H,2-5,9,16H2,1H3/t10-/m0/s1. The number of halogens is 1. The van der Waals surface area contributed by atoms with Gasteiger partial charge in [0.2, 0.25) is 0 Å². The van der Waals surface area contributed by atoms with E-state index < -0.39 is 0 Å². The summed E-state index contributed by atoms with van der Waals surface area (Å²) in [7, 11) is 0. The van der Waals surface area contributed by atoms with E-state index in [4.69, 9.17) is 5.73 Å². The SMILES string of the molecule is C[C@H](N)c1ccc(SCC2CCCC2)c(F)c1. The van der Waals surface area contributed by atoms with Gasteiger partial charge in [0.05, 0.1) is 0 Å². The number of hydrogen-bond acceptors (Lipinski definition) is 2. The molecule has 0 aromatic heterocycles. The minimum absolute atomic E-state index is 0.0987. The van der Waals surface area contributed by atoms with Gasteiger partial charge in [-0.25, -0.2) is 4.39 Å².